The molecule has 1 aliphatic rings. The van der Waals surface area contributed by atoms with Gasteiger partial charge < -0.3 is 10.2 Å². The van der Waals surface area contributed by atoms with Gasteiger partial charge in [-0.1, -0.05) is 6.07 Å². The predicted octanol–water partition coefficient (Wildman–Crippen LogP) is 2.90. The number of anilines is 1. The average molecular weight is 363 g/mol. The molecular formula is C16H17N3O3S2. The van der Waals surface area contributed by atoms with Crippen LogP contribution in [0.25, 0.3) is 0 Å². The zero-order chi connectivity index (χ0) is 17.1. The lowest BCUT2D eigenvalue weighted by atomic mass is 9.97. The molecule has 2 aromatic rings. The quantitative estimate of drug-likeness (QED) is 0.847. The summed E-state index contributed by atoms with van der Waals surface area (Å²) in [5.41, 5.74) is 0.355. The van der Waals surface area contributed by atoms with E-state index in [2.05, 4.69) is 10.3 Å². The van der Waals surface area contributed by atoms with Crippen molar-refractivity contribution < 1.29 is 14.4 Å². The first kappa shape index (κ1) is 16.8. The first-order valence-corrected chi connectivity index (χ1v) is 9.40. The monoisotopic (exact) mass is 363 g/mol. The Morgan fingerprint density at radius 2 is 2.17 bits per heavy atom. The number of carbonyl (C=O) groups is 3. The number of thiophene rings is 1. The summed E-state index contributed by atoms with van der Waals surface area (Å²) in [6, 6.07) is 3.65. The van der Waals surface area contributed by atoms with Gasteiger partial charge in [-0.2, -0.15) is 0 Å². The van der Waals surface area contributed by atoms with Crippen LogP contribution in [-0.2, 0) is 4.79 Å². The third-order valence-corrected chi connectivity index (χ3v) is 5.52. The Labute approximate surface area is 147 Å². The van der Waals surface area contributed by atoms with Crippen LogP contribution in [0.3, 0.4) is 0 Å². The van der Waals surface area contributed by atoms with E-state index in [1.807, 2.05) is 11.4 Å². The number of piperidine rings is 1. The van der Waals surface area contributed by atoms with E-state index in [9.17, 15) is 14.4 Å². The lowest BCUT2D eigenvalue weighted by Crippen LogP contribution is -2.43. The number of nitrogens with zero attached hydrogens (tertiary/aromatic N) is 2. The minimum atomic E-state index is -0.257. The maximum Gasteiger partial charge on any atom is 0.263 e. The normalized spacial score (nSPS) is 17.5. The molecule has 0 aliphatic carbocycles. The van der Waals surface area contributed by atoms with Crippen molar-refractivity contribution in [2.45, 2.75) is 19.8 Å². The molecule has 3 heterocycles. The van der Waals surface area contributed by atoms with Crippen LogP contribution < -0.4 is 5.32 Å². The number of hydrogen-bond donors (Lipinski definition) is 1. The molecule has 0 spiro atoms. The fourth-order valence-electron chi connectivity index (χ4n) is 2.63. The summed E-state index contributed by atoms with van der Waals surface area (Å²) in [5, 5.41) is 6.69. The van der Waals surface area contributed by atoms with Crippen molar-refractivity contribution in [3.05, 3.63) is 33.5 Å². The molecule has 126 valence electrons. The van der Waals surface area contributed by atoms with Crippen LogP contribution in [-0.4, -0.2) is 40.6 Å². The van der Waals surface area contributed by atoms with E-state index in [0.29, 0.717) is 28.8 Å². The fraction of sp³-hybridized carbons (Fsp3) is 0.375. The number of ketones is 1. The third-order valence-electron chi connectivity index (χ3n) is 3.91. The Hall–Kier alpha value is -2.06. The maximum atomic E-state index is 12.4. The summed E-state index contributed by atoms with van der Waals surface area (Å²) in [4.78, 5) is 42.7. The second kappa shape index (κ2) is 7.23. The molecule has 8 heteroatoms. The van der Waals surface area contributed by atoms with E-state index < -0.39 is 0 Å². The van der Waals surface area contributed by atoms with Gasteiger partial charge in [-0.15, -0.1) is 22.7 Å². The van der Waals surface area contributed by atoms with Gasteiger partial charge in [0.2, 0.25) is 5.91 Å². The Bertz CT molecular complexity index is 754. The number of amides is 2. The highest BCUT2D eigenvalue weighted by atomic mass is 32.1. The van der Waals surface area contributed by atoms with Gasteiger partial charge in [0, 0.05) is 25.4 Å². The largest absolute Gasteiger partial charge is 0.337 e. The molecule has 1 fully saturated rings. The number of thiazole rings is 1. The van der Waals surface area contributed by atoms with Crippen LogP contribution >= 0.6 is 22.7 Å². The number of hydrogen-bond acceptors (Lipinski definition) is 6. The standard InChI is InChI=1S/C16H17N3O3S2/c1-10(20)12-9-24-16(17-12)18-14(21)11-4-2-6-19(8-11)15(22)13-5-3-7-23-13/h3,5,7,9,11H,2,4,6,8H2,1H3,(H,17,18,21). The molecule has 1 unspecified atom stereocenters. The third kappa shape index (κ3) is 3.70. The second-order valence-electron chi connectivity index (χ2n) is 5.65. The summed E-state index contributed by atoms with van der Waals surface area (Å²) in [7, 11) is 0. The Morgan fingerprint density at radius 3 is 2.83 bits per heavy atom. The van der Waals surface area contributed by atoms with Gasteiger partial charge in [0.15, 0.2) is 10.9 Å². The summed E-state index contributed by atoms with van der Waals surface area (Å²) >= 11 is 2.64. The fourth-order valence-corrected chi connectivity index (χ4v) is 4.08. The highest BCUT2D eigenvalue weighted by Gasteiger charge is 2.29. The van der Waals surface area contributed by atoms with Crippen LogP contribution in [0, 0.1) is 5.92 Å². The number of aromatic nitrogens is 1. The summed E-state index contributed by atoms with van der Waals surface area (Å²) < 4.78 is 0. The smallest absolute Gasteiger partial charge is 0.263 e. The Kier molecular flexibility index (Phi) is 5.06. The van der Waals surface area contributed by atoms with Crippen LogP contribution in [0.2, 0.25) is 0 Å². The summed E-state index contributed by atoms with van der Waals surface area (Å²) in [6.07, 6.45) is 1.54. The van der Waals surface area contributed by atoms with Crippen molar-refractivity contribution in [2.75, 3.05) is 18.4 Å². The molecule has 1 N–H and O–H groups in total. The van der Waals surface area contributed by atoms with Crippen LogP contribution in [0.4, 0.5) is 5.13 Å². The van der Waals surface area contributed by atoms with E-state index in [0.717, 1.165) is 12.8 Å². The van der Waals surface area contributed by atoms with E-state index in [1.54, 1.807) is 16.3 Å². The van der Waals surface area contributed by atoms with Gasteiger partial charge in [-0.05, 0) is 24.3 Å². The maximum absolute atomic E-state index is 12.4. The molecule has 24 heavy (non-hydrogen) atoms. The number of rotatable bonds is 4. The zero-order valence-corrected chi connectivity index (χ0v) is 14.8. The summed E-state index contributed by atoms with van der Waals surface area (Å²) in [6.45, 7) is 2.52. The Morgan fingerprint density at radius 1 is 1.33 bits per heavy atom. The van der Waals surface area contributed by atoms with Gasteiger partial charge in [-0.3, -0.25) is 14.4 Å². The van der Waals surface area contributed by atoms with Gasteiger partial charge in [0.25, 0.3) is 5.91 Å². The van der Waals surface area contributed by atoms with Gasteiger partial charge in [0.1, 0.15) is 5.69 Å². The molecule has 1 saturated heterocycles. The van der Waals surface area contributed by atoms with Crippen LogP contribution in [0.5, 0.6) is 0 Å². The van der Waals surface area contributed by atoms with Crippen molar-refractivity contribution in [1.29, 1.82) is 0 Å². The zero-order valence-electron chi connectivity index (χ0n) is 13.2. The number of Topliss-reactive ketones (excluding diaryl/α,β-unsaturated/α-hetero) is 1. The van der Waals surface area contributed by atoms with Crippen molar-refractivity contribution in [3.63, 3.8) is 0 Å². The van der Waals surface area contributed by atoms with Gasteiger partial charge >= 0.3 is 0 Å². The first-order chi connectivity index (χ1) is 11.5. The van der Waals surface area contributed by atoms with Crippen molar-refractivity contribution in [3.8, 4) is 0 Å². The minimum absolute atomic E-state index is 0.0179. The topological polar surface area (TPSA) is 79.4 Å². The van der Waals surface area contributed by atoms with Gasteiger partial charge in [-0.25, -0.2) is 4.98 Å². The lowest BCUT2D eigenvalue weighted by Gasteiger charge is -2.31. The van der Waals surface area contributed by atoms with Gasteiger partial charge in [0.05, 0.1) is 10.8 Å². The average Bonchev–Trinajstić information content (AvgIpc) is 3.26. The van der Waals surface area contributed by atoms with E-state index >= 15 is 0 Å². The van der Waals surface area contributed by atoms with E-state index in [4.69, 9.17) is 0 Å². The van der Waals surface area contributed by atoms with E-state index in [-0.39, 0.29) is 23.5 Å². The molecule has 1 aliphatic heterocycles. The lowest BCUT2D eigenvalue weighted by molar-refractivity contribution is -0.121. The second-order valence-corrected chi connectivity index (χ2v) is 7.46. The van der Waals surface area contributed by atoms with Crippen molar-refractivity contribution >= 4 is 45.4 Å². The number of nitrogens with one attached hydrogen (secondary N) is 1. The molecule has 6 nitrogen and oxygen atoms in total. The van der Waals surface area contributed by atoms with E-state index in [1.165, 1.54) is 29.6 Å². The molecule has 0 radical (unpaired) electrons. The molecule has 2 amide bonds. The van der Waals surface area contributed by atoms with Crippen molar-refractivity contribution in [1.82, 2.24) is 9.88 Å². The predicted molar refractivity (Wildman–Crippen MR) is 93.7 cm³/mol. The molecule has 0 aromatic carbocycles. The van der Waals surface area contributed by atoms with Crippen LogP contribution in [0.15, 0.2) is 22.9 Å². The van der Waals surface area contributed by atoms with Crippen LogP contribution in [0.1, 0.15) is 39.9 Å². The van der Waals surface area contributed by atoms with Crippen molar-refractivity contribution in [2.24, 2.45) is 5.92 Å². The number of carbonyl (C=O) groups excluding carboxylic acids is 3. The highest BCUT2D eigenvalue weighted by Crippen LogP contribution is 2.23. The SMILES string of the molecule is CC(=O)c1csc(NC(=O)C2CCCN(C(=O)c3cccs3)C2)n1. The number of likely N-dealkylation sites (tertiary alicyclic amines) is 1. The Balaban J connectivity index is 1.62. The highest BCUT2D eigenvalue weighted by molar-refractivity contribution is 7.14. The molecular weight excluding hydrogens is 346 g/mol. The molecule has 0 saturated carbocycles. The summed E-state index contributed by atoms with van der Waals surface area (Å²) in [5.74, 6) is -0.553. The molecule has 0 bridgehead atoms. The first-order valence-electron chi connectivity index (χ1n) is 7.64. The molecule has 3 rings (SSSR count). The minimum Gasteiger partial charge on any atom is -0.337 e. The molecule has 1 atom stereocenters. The molecule has 2 aromatic heterocycles.